The number of aliphatic hydroxyl groups is 2. The molecule has 2 aromatic heterocycles. The molecular formula is C25H26F3N5O4S. The first-order chi connectivity index (χ1) is 18.0. The van der Waals surface area contributed by atoms with E-state index in [9.17, 15) is 31.8 Å². The Labute approximate surface area is 217 Å². The average molecular weight is 550 g/mol. The summed E-state index contributed by atoms with van der Waals surface area (Å²) < 4.78 is 65.9. The number of β-amino-alcohol motifs (C(OH)–C–C–N with tert-alkyl or cyclic N) is 2. The number of benzene rings is 1. The monoisotopic (exact) mass is 549 g/mol. The Balaban J connectivity index is 1.23. The first-order valence-electron chi connectivity index (χ1n) is 12.0. The molecule has 2 aliphatic rings. The molecule has 4 heterocycles. The van der Waals surface area contributed by atoms with Gasteiger partial charge in [0.1, 0.15) is 11.6 Å². The normalized spacial score (nSPS) is 21.2. The number of nitrogens with one attached hydrogen (secondary N) is 1. The summed E-state index contributed by atoms with van der Waals surface area (Å²) in [6.07, 6.45) is -3.32. The smallest absolute Gasteiger partial charge is 0.390 e. The second-order valence-corrected chi connectivity index (χ2v) is 11.3. The highest BCUT2D eigenvalue weighted by Gasteiger charge is 2.35. The minimum absolute atomic E-state index is 0.0874. The first kappa shape index (κ1) is 26.4. The van der Waals surface area contributed by atoms with Crippen molar-refractivity contribution in [1.29, 1.82) is 0 Å². The van der Waals surface area contributed by atoms with E-state index in [2.05, 4.69) is 15.3 Å². The van der Waals surface area contributed by atoms with Gasteiger partial charge in [0.25, 0.3) is 0 Å². The van der Waals surface area contributed by atoms with Crippen molar-refractivity contribution in [3.05, 3.63) is 66.5 Å². The molecule has 2 fully saturated rings. The van der Waals surface area contributed by atoms with Crippen molar-refractivity contribution >= 4 is 21.7 Å². The molecular weight excluding hydrogens is 523 g/mol. The van der Waals surface area contributed by atoms with Gasteiger partial charge < -0.3 is 20.4 Å². The molecule has 3 N–H and O–H groups in total. The average Bonchev–Trinajstić information content (AvgIpc) is 2.88. The van der Waals surface area contributed by atoms with Gasteiger partial charge in [0.15, 0.2) is 0 Å². The van der Waals surface area contributed by atoms with Gasteiger partial charge in [-0.05, 0) is 53.9 Å². The van der Waals surface area contributed by atoms with Crippen LogP contribution < -0.4 is 10.2 Å². The number of nitrogens with zero attached hydrogens (tertiary/aromatic N) is 4. The van der Waals surface area contributed by atoms with Crippen LogP contribution in [-0.2, 0) is 16.2 Å². The van der Waals surface area contributed by atoms with Crippen LogP contribution >= 0.6 is 0 Å². The van der Waals surface area contributed by atoms with E-state index in [-0.39, 0.29) is 36.3 Å². The lowest BCUT2D eigenvalue weighted by molar-refractivity contribution is -0.137. The lowest BCUT2D eigenvalue weighted by atomic mass is 10.0. The topological polar surface area (TPSA) is 119 Å². The number of aliphatic hydroxyl groups excluding tert-OH is 2. The molecule has 0 amide bonds. The molecule has 2 saturated heterocycles. The number of sulfonamides is 1. The molecule has 0 bridgehead atoms. The third kappa shape index (κ3) is 5.46. The summed E-state index contributed by atoms with van der Waals surface area (Å²) in [6.45, 7) is 0.992. The van der Waals surface area contributed by atoms with Crippen molar-refractivity contribution < 1.29 is 31.8 Å². The fourth-order valence-corrected chi connectivity index (χ4v) is 5.98. The SMILES string of the molecule is O=S(=O)(c1ccc(-c2ccnc(N3CC(O)C3)c2)cc1)N1CC[C@@H](Nc2ccc(C(F)(F)F)cn2)[C@@H](O)C1. The number of hydrogen-bond donors (Lipinski definition) is 3. The Hall–Kier alpha value is -3.26. The Morgan fingerprint density at radius 2 is 1.68 bits per heavy atom. The van der Waals surface area contributed by atoms with Crippen LogP contribution in [0, 0.1) is 0 Å². The zero-order valence-electron chi connectivity index (χ0n) is 20.1. The maximum absolute atomic E-state index is 13.2. The second kappa shape index (κ2) is 10.1. The van der Waals surface area contributed by atoms with E-state index in [1.807, 2.05) is 17.0 Å². The van der Waals surface area contributed by atoms with Crippen LogP contribution in [0.3, 0.4) is 0 Å². The molecule has 3 aromatic rings. The minimum Gasteiger partial charge on any atom is -0.390 e. The van der Waals surface area contributed by atoms with Crippen LogP contribution in [0.1, 0.15) is 12.0 Å². The number of piperidine rings is 1. The highest BCUT2D eigenvalue weighted by atomic mass is 32.2. The predicted octanol–water partition coefficient (Wildman–Crippen LogP) is 2.58. The summed E-state index contributed by atoms with van der Waals surface area (Å²) in [7, 11) is -3.88. The lowest BCUT2D eigenvalue weighted by Crippen LogP contribution is -2.51. The van der Waals surface area contributed by atoms with Crippen LogP contribution in [0.5, 0.6) is 0 Å². The fourth-order valence-electron chi connectivity index (χ4n) is 4.51. The molecule has 202 valence electrons. The van der Waals surface area contributed by atoms with Crippen molar-refractivity contribution in [1.82, 2.24) is 14.3 Å². The Bertz CT molecular complexity index is 1380. The van der Waals surface area contributed by atoms with Gasteiger partial charge in [-0.15, -0.1) is 0 Å². The van der Waals surface area contributed by atoms with Crippen LogP contribution in [0.25, 0.3) is 11.1 Å². The molecule has 1 aromatic carbocycles. The third-order valence-corrected chi connectivity index (χ3v) is 8.61. The number of aromatic nitrogens is 2. The Kier molecular flexibility index (Phi) is 7.03. The molecule has 0 unspecified atom stereocenters. The summed E-state index contributed by atoms with van der Waals surface area (Å²) in [5.74, 6) is 0.903. The predicted molar refractivity (Wildman–Crippen MR) is 134 cm³/mol. The molecule has 13 heteroatoms. The van der Waals surface area contributed by atoms with Crippen molar-refractivity contribution in [2.75, 3.05) is 36.4 Å². The molecule has 9 nitrogen and oxygen atoms in total. The quantitative estimate of drug-likeness (QED) is 0.430. The zero-order valence-corrected chi connectivity index (χ0v) is 20.9. The van der Waals surface area contributed by atoms with Gasteiger partial charge in [-0.2, -0.15) is 17.5 Å². The fraction of sp³-hybridized carbons (Fsp3) is 0.360. The van der Waals surface area contributed by atoms with Gasteiger partial charge in [0.05, 0.1) is 28.7 Å². The lowest BCUT2D eigenvalue weighted by Gasteiger charge is -2.37. The third-order valence-electron chi connectivity index (χ3n) is 6.73. The number of anilines is 2. The summed E-state index contributed by atoms with van der Waals surface area (Å²) >= 11 is 0. The van der Waals surface area contributed by atoms with Gasteiger partial charge in [-0.3, -0.25) is 0 Å². The zero-order chi connectivity index (χ0) is 27.1. The van der Waals surface area contributed by atoms with E-state index in [0.29, 0.717) is 19.3 Å². The Morgan fingerprint density at radius 3 is 2.29 bits per heavy atom. The number of halogens is 3. The van der Waals surface area contributed by atoms with E-state index < -0.39 is 33.9 Å². The molecule has 2 aliphatic heterocycles. The van der Waals surface area contributed by atoms with Crippen LogP contribution in [0.15, 0.2) is 65.8 Å². The first-order valence-corrected chi connectivity index (χ1v) is 13.4. The number of hydrogen-bond acceptors (Lipinski definition) is 8. The van der Waals surface area contributed by atoms with Crippen LogP contribution in [-0.4, -0.2) is 77.3 Å². The number of pyridine rings is 2. The van der Waals surface area contributed by atoms with Gasteiger partial charge in [-0.1, -0.05) is 12.1 Å². The molecule has 38 heavy (non-hydrogen) atoms. The maximum atomic E-state index is 13.2. The summed E-state index contributed by atoms with van der Waals surface area (Å²) in [6, 6.07) is 11.7. The van der Waals surface area contributed by atoms with E-state index in [1.165, 1.54) is 22.5 Å². The van der Waals surface area contributed by atoms with Crippen molar-refractivity contribution in [3.63, 3.8) is 0 Å². The Morgan fingerprint density at radius 1 is 0.947 bits per heavy atom. The molecule has 0 spiro atoms. The van der Waals surface area contributed by atoms with Crippen molar-refractivity contribution in [3.8, 4) is 11.1 Å². The minimum atomic E-state index is -4.50. The molecule has 2 atom stereocenters. The van der Waals surface area contributed by atoms with Gasteiger partial charge in [0, 0.05) is 38.6 Å². The molecule has 0 saturated carbocycles. The van der Waals surface area contributed by atoms with E-state index >= 15 is 0 Å². The summed E-state index contributed by atoms with van der Waals surface area (Å²) in [5, 5.41) is 23.0. The highest BCUT2D eigenvalue weighted by molar-refractivity contribution is 7.89. The number of alkyl halides is 3. The summed E-state index contributed by atoms with van der Waals surface area (Å²) in [5.41, 5.74) is 0.788. The standard InChI is InChI=1S/C25H26F3N5O4S/c26-25(27,28)18-3-6-23(30-12-18)31-21-8-10-33(15-22(21)35)38(36,37)20-4-1-16(2-5-20)17-7-9-29-24(11-17)32-13-19(34)14-32/h1-7,9,11-12,19,21-22,34-35H,8,10,13-15H2,(H,30,31)/t21-,22+/m1/s1. The number of rotatable bonds is 6. The van der Waals surface area contributed by atoms with E-state index in [4.69, 9.17) is 0 Å². The van der Waals surface area contributed by atoms with Gasteiger partial charge in [0.2, 0.25) is 10.0 Å². The van der Waals surface area contributed by atoms with Gasteiger partial charge in [-0.25, -0.2) is 18.4 Å². The molecule has 0 radical (unpaired) electrons. The molecule has 0 aliphatic carbocycles. The van der Waals surface area contributed by atoms with Gasteiger partial charge >= 0.3 is 6.18 Å². The maximum Gasteiger partial charge on any atom is 0.417 e. The second-order valence-electron chi connectivity index (χ2n) is 9.39. The largest absolute Gasteiger partial charge is 0.417 e. The van der Waals surface area contributed by atoms with Crippen LogP contribution in [0.4, 0.5) is 24.8 Å². The summed E-state index contributed by atoms with van der Waals surface area (Å²) in [4.78, 5) is 10.1. The van der Waals surface area contributed by atoms with Crippen molar-refractivity contribution in [2.24, 2.45) is 0 Å². The van der Waals surface area contributed by atoms with E-state index in [0.717, 1.165) is 23.0 Å². The van der Waals surface area contributed by atoms with E-state index in [1.54, 1.807) is 18.3 Å². The van der Waals surface area contributed by atoms with Crippen LogP contribution in [0.2, 0.25) is 0 Å². The highest BCUT2D eigenvalue weighted by Crippen LogP contribution is 2.30. The molecule has 5 rings (SSSR count). The van der Waals surface area contributed by atoms with Crippen molar-refractivity contribution in [2.45, 2.75) is 35.7 Å².